The highest BCUT2D eigenvalue weighted by molar-refractivity contribution is 5.02. The van der Waals surface area contributed by atoms with Gasteiger partial charge in [-0.2, -0.15) is 0 Å². The van der Waals surface area contributed by atoms with Crippen LogP contribution >= 0.6 is 0 Å². The molecule has 0 heterocycles. The number of hydrogen-bond donors (Lipinski definition) is 2. The molecule has 112 valence electrons. The Bertz CT molecular complexity index is 270. The molecule has 0 aromatic carbocycles. The molecule has 2 aliphatic rings. The van der Waals surface area contributed by atoms with Gasteiger partial charge in [-0.1, -0.05) is 6.42 Å². The summed E-state index contributed by atoms with van der Waals surface area (Å²) in [6.07, 6.45) is 7.28. The summed E-state index contributed by atoms with van der Waals surface area (Å²) in [5.41, 5.74) is -0.0327. The fraction of sp³-hybridized carbons (Fsp3) is 1.00. The van der Waals surface area contributed by atoms with E-state index in [2.05, 4.69) is 5.32 Å². The van der Waals surface area contributed by atoms with Crippen LogP contribution in [-0.2, 0) is 9.47 Å². The first-order valence-corrected chi connectivity index (χ1v) is 7.69. The van der Waals surface area contributed by atoms with Gasteiger partial charge < -0.3 is 19.9 Å². The molecule has 2 aliphatic carbocycles. The first-order valence-electron chi connectivity index (χ1n) is 7.69. The summed E-state index contributed by atoms with van der Waals surface area (Å²) in [7, 11) is 1.70. The highest BCUT2D eigenvalue weighted by Crippen LogP contribution is 2.40. The first kappa shape index (κ1) is 15.2. The summed E-state index contributed by atoms with van der Waals surface area (Å²) in [5.74, 6) is 0.549. The van der Waals surface area contributed by atoms with Gasteiger partial charge in [-0.15, -0.1) is 0 Å². The minimum Gasteiger partial charge on any atom is -0.394 e. The predicted molar refractivity (Wildman–Crippen MR) is 75.2 cm³/mol. The van der Waals surface area contributed by atoms with E-state index in [9.17, 15) is 5.11 Å². The van der Waals surface area contributed by atoms with Crippen molar-refractivity contribution in [3.05, 3.63) is 0 Å². The zero-order valence-corrected chi connectivity index (χ0v) is 12.4. The lowest BCUT2D eigenvalue weighted by molar-refractivity contribution is -0.00252. The second kappa shape index (κ2) is 7.02. The Morgan fingerprint density at radius 2 is 2.16 bits per heavy atom. The summed E-state index contributed by atoms with van der Waals surface area (Å²) < 4.78 is 10.8. The van der Waals surface area contributed by atoms with Crippen molar-refractivity contribution < 1.29 is 14.6 Å². The van der Waals surface area contributed by atoms with Crippen LogP contribution in [0.4, 0.5) is 0 Å². The van der Waals surface area contributed by atoms with Crippen molar-refractivity contribution >= 4 is 0 Å². The van der Waals surface area contributed by atoms with Gasteiger partial charge in [0, 0.05) is 25.3 Å². The second-order valence-corrected chi connectivity index (χ2v) is 6.25. The van der Waals surface area contributed by atoms with E-state index >= 15 is 0 Å². The SMILES string of the molecule is COCC(C)OCCC1CCCC1(CO)NC1CC1. The van der Waals surface area contributed by atoms with Gasteiger partial charge in [0.25, 0.3) is 0 Å². The van der Waals surface area contributed by atoms with Gasteiger partial charge in [0.15, 0.2) is 0 Å². The summed E-state index contributed by atoms with van der Waals surface area (Å²) >= 11 is 0. The number of hydrogen-bond acceptors (Lipinski definition) is 4. The van der Waals surface area contributed by atoms with Crippen LogP contribution in [0.1, 0.15) is 45.4 Å². The number of rotatable bonds is 9. The molecule has 4 nitrogen and oxygen atoms in total. The van der Waals surface area contributed by atoms with Crippen molar-refractivity contribution in [2.75, 3.05) is 26.9 Å². The zero-order chi connectivity index (χ0) is 13.7. The molecule has 0 aromatic rings. The quantitative estimate of drug-likeness (QED) is 0.670. The van der Waals surface area contributed by atoms with Crippen molar-refractivity contribution in [1.82, 2.24) is 5.32 Å². The minimum absolute atomic E-state index is 0.0327. The molecule has 0 radical (unpaired) electrons. The number of aliphatic hydroxyl groups excluding tert-OH is 1. The second-order valence-electron chi connectivity index (χ2n) is 6.25. The third kappa shape index (κ3) is 4.15. The third-order valence-electron chi connectivity index (χ3n) is 4.58. The number of nitrogens with one attached hydrogen (secondary N) is 1. The van der Waals surface area contributed by atoms with Crippen LogP contribution in [0.5, 0.6) is 0 Å². The Hall–Kier alpha value is -0.160. The topological polar surface area (TPSA) is 50.7 Å². The van der Waals surface area contributed by atoms with Crippen molar-refractivity contribution in [1.29, 1.82) is 0 Å². The molecule has 2 rings (SSSR count). The largest absolute Gasteiger partial charge is 0.394 e. The molecule has 4 heteroatoms. The van der Waals surface area contributed by atoms with Crippen molar-refractivity contribution in [2.45, 2.75) is 63.1 Å². The summed E-state index contributed by atoms with van der Waals surface area (Å²) in [4.78, 5) is 0. The molecule has 0 bridgehead atoms. The molecule has 2 N–H and O–H groups in total. The van der Waals surface area contributed by atoms with Gasteiger partial charge in [0.05, 0.1) is 19.3 Å². The standard InChI is InChI=1S/C15H29NO3/c1-12(10-18-2)19-9-7-13-4-3-8-15(13,11-17)16-14-5-6-14/h12-14,16-17H,3-11H2,1-2H3. The maximum Gasteiger partial charge on any atom is 0.0780 e. The molecule has 0 spiro atoms. The van der Waals surface area contributed by atoms with Gasteiger partial charge in [-0.3, -0.25) is 0 Å². The normalized spacial score (nSPS) is 32.7. The van der Waals surface area contributed by atoms with Crippen LogP contribution in [0.25, 0.3) is 0 Å². The highest BCUT2D eigenvalue weighted by Gasteiger charge is 2.44. The molecule has 0 aliphatic heterocycles. The molecule has 3 unspecified atom stereocenters. The lowest BCUT2D eigenvalue weighted by Gasteiger charge is -2.35. The third-order valence-corrected chi connectivity index (χ3v) is 4.58. The van der Waals surface area contributed by atoms with Crippen molar-refractivity contribution in [3.63, 3.8) is 0 Å². The van der Waals surface area contributed by atoms with Gasteiger partial charge in [-0.25, -0.2) is 0 Å². The Balaban J connectivity index is 1.77. The first-order chi connectivity index (χ1) is 9.20. The van der Waals surface area contributed by atoms with E-state index < -0.39 is 0 Å². The van der Waals surface area contributed by atoms with Gasteiger partial charge in [-0.05, 0) is 44.9 Å². The zero-order valence-electron chi connectivity index (χ0n) is 12.4. The smallest absolute Gasteiger partial charge is 0.0780 e. The van der Waals surface area contributed by atoms with E-state index in [-0.39, 0.29) is 18.2 Å². The fourth-order valence-corrected chi connectivity index (χ4v) is 3.34. The fourth-order valence-electron chi connectivity index (χ4n) is 3.34. The molecule has 2 fully saturated rings. The highest BCUT2D eigenvalue weighted by atomic mass is 16.5. The Morgan fingerprint density at radius 3 is 2.79 bits per heavy atom. The lowest BCUT2D eigenvalue weighted by atomic mass is 9.85. The lowest BCUT2D eigenvalue weighted by Crippen LogP contribution is -2.52. The summed E-state index contributed by atoms with van der Waals surface area (Å²) in [5, 5.41) is 13.5. The average Bonchev–Trinajstić information content (AvgIpc) is 3.11. The van der Waals surface area contributed by atoms with E-state index in [0.29, 0.717) is 18.6 Å². The monoisotopic (exact) mass is 271 g/mol. The average molecular weight is 271 g/mol. The number of methoxy groups -OCH3 is 1. The van der Waals surface area contributed by atoms with E-state index in [1.165, 1.54) is 25.7 Å². The van der Waals surface area contributed by atoms with Crippen LogP contribution in [0, 0.1) is 5.92 Å². The predicted octanol–water partition coefficient (Wildman–Crippen LogP) is 1.71. The number of aliphatic hydroxyl groups is 1. The van der Waals surface area contributed by atoms with Crippen molar-refractivity contribution in [2.24, 2.45) is 5.92 Å². The van der Waals surface area contributed by atoms with Gasteiger partial charge >= 0.3 is 0 Å². The van der Waals surface area contributed by atoms with E-state index in [1.54, 1.807) is 7.11 Å². The molecular formula is C15H29NO3. The molecule has 19 heavy (non-hydrogen) atoms. The summed E-state index contributed by atoms with van der Waals surface area (Å²) in [6.45, 7) is 3.72. The van der Waals surface area contributed by atoms with Crippen LogP contribution in [0.2, 0.25) is 0 Å². The van der Waals surface area contributed by atoms with Crippen LogP contribution in [-0.4, -0.2) is 49.7 Å². The molecular weight excluding hydrogens is 242 g/mol. The molecule has 0 aromatic heterocycles. The molecule has 3 atom stereocenters. The molecule has 0 amide bonds. The van der Waals surface area contributed by atoms with Crippen LogP contribution < -0.4 is 5.32 Å². The van der Waals surface area contributed by atoms with E-state index in [1.807, 2.05) is 6.92 Å². The van der Waals surface area contributed by atoms with Gasteiger partial charge in [0.1, 0.15) is 0 Å². The maximum atomic E-state index is 9.83. The number of ether oxygens (including phenoxy) is 2. The molecule has 0 saturated heterocycles. The minimum atomic E-state index is -0.0327. The Morgan fingerprint density at radius 1 is 1.37 bits per heavy atom. The van der Waals surface area contributed by atoms with Gasteiger partial charge in [0.2, 0.25) is 0 Å². The molecule has 2 saturated carbocycles. The van der Waals surface area contributed by atoms with Crippen LogP contribution in [0.3, 0.4) is 0 Å². The summed E-state index contributed by atoms with van der Waals surface area (Å²) in [6, 6.07) is 0.654. The van der Waals surface area contributed by atoms with E-state index in [4.69, 9.17) is 9.47 Å². The Labute approximate surface area is 116 Å². The Kier molecular flexibility index (Phi) is 5.63. The van der Waals surface area contributed by atoms with Crippen molar-refractivity contribution in [3.8, 4) is 0 Å². The van der Waals surface area contributed by atoms with Crippen LogP contribution in [0.15, 0.2) is 0 Å². The van der Waals surface area contributed by atoms with E-state index in [0.717, 1.165) is 19.4 Å². The maximum absolute atomic E-state index is 9.83.